The first-order valence-corrected chi connectivity index (χ1v) is 8.49. The number of hydrogen-bond acceptors (Lipinski definition) is 2. The van der Waals surface area contributed by atoms with Gasteiger partial charge in [-0.3, -0.25) is 0 Å². The maximum atomic E-state index is 11.2. The standard InChI is InChI=1S/C14H8Cl2N2O2Se/c15-8-3-4-11(9(16)6-8)18-12(13-2-1-5-21-13)7-10(17-18)14(19)20/h1-7H,(H,19,20). The molecule has 0 atom stereocenters. The van der Waals surface area contributed by atoms with Crippen LogP contribution >= 0.6 is 23.2 Å². The van der Waals surface area contributed by atoms with Gasteiger partial charge in [0.2, 0.25) is 0 Å². The van der Waals surface area contributed by atoms with E-state index >= 15 is 0 Å². The molecule has 3 aromatic rings. The van der Waals surface area contributed by atoms with Gasteiger partial charge in [-0.05, 0) is 0 Å². The van der Waals surface area contributed by atoms with Gasteiger partial charge in [-0.1, -0.05) is 0 Å². The van der Waals surface area contributed by atoms with Gasteiger partial charge >= 0.3 is 136 Å². The predicted octanol–water partition coefficient (Wildman–Crippen LogP) is 3.60. The Morgan fingerprint density at radius 3 is 2.67 bits per heavy atom. The van der Waals surface area contributed by atoms with Gasteiger partial charge in [0.15, 0.2) is 0 Å². The molecule has 4 nitrogen and oxygen atoms in total. The van der Waals surface area contributed by atoms with Crippen molar-refractivity contribution < 1.29 is 9.90 Å². The van der Waals surface area contributed by atoms with E-state index in [2.05, 4.69) is 10.0 Å². The van der Waals surface area contributed by atoms with Gasteiger partial charge in [-0.2, -0.15) is 0 Å². The molecule has 21 heavy (non-hydrogen) atoms. The van der Waals surface area contributed by atoms with Gasteiger partial charge in [-0.15, -0.1) is 0 Å². The molecule has 0 amide bonds. The molecule has 3 rings (SSSR count). The summed E-state index contributed by atoms with van der Waals surface area (Å²) in [5.41, 5.74) is 1.33. The van der Waals surface area contributed by atoms with Crippen molar-refractivity contribution in [2.45, 2.75) is 0 Å². The minimum absolute atomic E-state index is 0.0142. The molecular weight excluding hydrogens is 378 g/mol. The van der Waals surface area contributed by atoms with E-state index in [0.717, 1.165) is 10.1 Å². The van der Waals surface area contributed by atoms with E-state index in [-0.39, 0.29) is 20.2 Å². The summed E-state index contributed by atoms with van der Waals surface area (Å²) < 4.78 is 2.61. The second-order valence-electron chi connectivity index (χ2n) is 4.20. The van der Waals surface area contributed by atoms with Crippen molar-refractivity contribution >= 4 is 43.7 Å². The number of benzene rings is 1. The third-order valence-electron chi connectivity index (χ3n) is 2.84. The van der Waals surface area contributed by atoms with Crippen LogP contribution in [0.3, 0.4) is 0 Å². The first kappa shape index (κ1) is 14.4. The molecule has 0 saturated heterocycles. The van der Waals surface area contributed by atoms with Gasteiger partial charge in [0.05, 0.1) is 0 Å². The Morgan fingerprint density at radius 2 is 2.05 bits per heavy atom. The van der Waals surface area contributed by atoms with Crippen LogP contribution in [0.5, 0.6) is 0 Å². The second-order valence-corrected chi connectivity index (χ2v) is 7.04. The van der Waals surface area contributed by atoms with Crippen LogP contribution in [0.1, 0.15) is 10.5 Å². The molecule has 0 aliphatic carbocycles. The van der Waals surface area contributed by atoms with E-state index < -0.39 is 5.97 Å². The van der Waals surface area contributed by atoms with E-state index in [4.69, 9.17) is 28.3 Å². The van der Waals surface area contributed by atoms with Crippen molar-refractivity contribution in [3.63, 3.8) is 0 Å². The van der Waals surface area contributed by atoms with Gasteiger partial charge in [0.1, 0.15) is 0 Å². The molecule has 2 aromatic heterocycles. The molecule has 0 aliphatic heterocycles. The van der Waals surface area contributed by atoms with Crippen molar-refractivity contribution in [2.75, 3.05) is 0 Å². The summed E-state index contributed by atoms with van der Waals surface area (Å²) >= 11 is 12.3. The number of rotatable bonds is 3. The zero-order chi connectivity index (χ0) is 15.0. The van der Waals surface area contributed by atoms with Crippen molar-refractivity contribution in [1.29, 1.82) is 0 Å². The van der Waals surface area contributed by atoms with Crippen LogP contribution in [0, 0.1) is 0 Å². The molecular formula is C14H8Cl2N2O2Se. The zero-order valence-corrected chi connectivity index (χ0v) is 13.7. The monoisotopic (exact) mass is 386 g/mol. The summed E-state index contributed by atoms with van der Waals surface area (Å²) in [5.74, 6) is -1.07. The fourth-order valence-corrected chi connectivity index (χ4v) is 3.94. The quantitative estimate of drug-likeness (QED) is 0.700. The summed E-state index contributed by atoms with van der Waals surface area (Å²) in [6, 6.07) is 10.5. The number of carbonyl (C=O) groups is 1. The summed E-state index contributed by atoms with van der Waals surface area (Å²) in [6.45, 7) is 0. The molecule has 0 spiro atoms. The molecule has 106 valence electrons. The summed E-state index contributed by atoms with van der Waals surface area (Å²) in [5, 5.41) is 14.2. The topological polar surface area (TPSA) is 55.1 Å². The molecule has 7 heteroatoms. The van der Waals surface area contributed by atoms with Crippen molar-refractivity contribution in [3.05, 3.63) is 57.1 Å². The SMILES string of the molecule is O=C(O)c1cc(-c2ccc[se]2)n(-c2ccc(Cl)cc2Cl)n1. The maximum absolute atomic E-state index is 11.2. The fourth-order valence-electron chi connectivity index (χ4n) is 1.92. The molecule has 0 fully saturated rings. The number of halogens is 2. The van der Waals surface area contributed by atoms with Crippen LogP contribution in [0.4, 0.5) is 0 Å². The Bertz CT molecular complexity index is 813. The fraction of sp³-hybridized carbons (Fsp3) is 0. The molecule has 0 bridgehead atoms. The van der Waals surface area contributed by atoms with E-state index in [1.807, 2.05) is 12.1 Å². The van der Waals surface area contributed by atoms with E-state index in [0.29, 0.717) is 15.7 Å². The molecule has 0 unspecified atom stereocenters. The average molecular weight is 386 g/mol. The third-order valence-corrected chi connectivity index (χ3v) is 5.25. The molecule has 1 aromatic carbocycles. The van der Waals surface area contributed by atoms with E-state index in [1.54, 1.807) is 28.9 Å². The number of carboxylic acid groups (broad SMARTS) is 1. The Labute approximate surface area is 136 Å². The number of carboxylic acids is 1. The molecule has 0 radical (unpaired) electrons. The molecule has 2 heterocycles. The Kier molecular flexibility index (Phi) is 3.91. The first-order valence-electron chi connectivity index (χ1n) is 5.89. The van der Waals surface area contributed by atoms with Gasteiger partial charge in [0, 0.05) is 0 Å². The van der Waals surface area contributed by atoms with Crippen LogP contribution in [0.15, 0.2) is 41.3 Å². The Hall–Kier alpha value is -1.52. The van der Waals surface area contributed by atoms with Gasteiger partial charge < -0.3 is 0 Å². The average Bonchev–Trinajstić information content (AvgIpc) is 3.07. The van der Waals surface area contributed by atoms with Crippen LogP contribution in [0.25, 0.3) is 15.8 Å². The normalized spacial score (nSPS) is 10.8. The third kappa shape index (κ3) is 2.78. The summed E-state index contributed by atoms with van der Waals surface area (Å²) in [7, 11) is 0. The second kappa shape index (κ2) is 5.70. The molecule has 0 aliphatic rings. The Morgan fingerprint density at radius 1 is 1.24 bits per heavy atom. The summed E-state index contributed by atoms with van der Waals surface area (Å²) in [6.07, 6.45) is 0. The number of hydrogen-bond donors (Lipinski definition) is 1. The van der Waals surface area contributed by atoms with Crippen LogP contribution in [0.2, 0.25) is 10.0 Å². The van der Waals surface area contributed by atoms with E-state index in [9.17, 15) is 4.79 Å². The van der Waals surface area contributed by atoms with Crippen LogP contribution in [-0.2, 0) is 0 Å². The van der Waals surface area contributed by atoms with Crippen LogP contribution < -0.4 is 0 Å². The van der Waals surface area contributed by atoms with Gasteiger partial charge in [-0.25, -0.2) is 0 Å². The molecule has 0 saturated carbocycles. The Balaban J connectivity index is 2.23. The van der Waals surface area contributed by atoms with Crippen molar-refractivity contribution in [3.8, 4) is 15.8 Å². The zero-order valence-electron chi connectivity index (χ0n) is 10.5. The van der Waals surface area contributed by atoms with Crippen molar-refractivity contribution in [2.24, 2.45) is 0 Å². The van der Waals surface area contributed by atoms with Crippen LogP contribution in [-0.4, -0.2) is 35.4 Å². The minimum atomic E-state index is -1.07. The summed E-state index contributed by atoms with van der Waals surface area (Å²) in [4.78, 5) is 13.3. The van der Waals surface area contributed by atoms with Gasteiger partial charge in [0.25, 0.3) is 0 Å². The number of aromatic nitrogens is 2. The molecule has 1 N–H and O–H groups in total. The van der Waals surface area contributed by atoms with Crippen molar-refractivity contribution in [1.82, 2.24) is 9.78 Å². The predicted molar refractivity (Wildman–Crippen MR) is 82.9 cm³/mol. The number of nitrogens with zero attached hydrogens (tertiary/aromatic N) is 2. The number of aromatic carboxylic acids is 1. The first-order chi connectivity index (χ1) is 10.1. The van der Waals surface area contributed by atoms with E-state index in [1.165, 1.54) is 0 Å².